The van der Waals surface area contributed by atoms with E-state index in [4.69, 9.17) is 4.74 Å². The van der Waals surface area contributed by atoms with Gasteiger partial charge in [0.1, 0.15) is 17.4 Å². The Balaban J connectivity index is 2.74. The topological polar surface area (TPSA) is 46.5 Å². The Kier molecular flexibility index (Phi) is 1.55. The third-order valence-corrected chi connectivity index (χ3v) is 2.34. The van der Waals surface area contributed by atoms with Gasteiger partial charge in [-0.15, -0.1) is 0 Å². The average Bonchev–Trinajstić information content (AvgIpc) is 2.36. The van der Waals surface area contributed by atoms with Crippen molar-refractivity contribution in [1.82, 2.24) is 0 Å². The maximum atomic E-state index is 11.3. The molecule has 1 unspecified atom stereocenters. The first-order valence-corrected chi connectivity index (χ1v) is 4.14. The van der Waals surface area contributed by atoms with Crippen molar-refractivity contribution < 1.29 is 14.6 Å². The number of phenolic OH excluding ortho intramolecular Hbond substituents is 1. The molecular weight excluding hydrogens is 168 g/mol. The summed E-state index contributed by atoms with van der Waals surface area (Å²) in [5.74, 6) is -0.418. The molecule has 0 bridgehead atoms. The second-order valence-electron chi connectivity index (χ2n) is 3.24. The molecule has 68 valence electrons. The zero-order valence-electron chi connectivity index (χ0n) is 7.50. The van der Waals surface area contributed by atoms with Gasteiger partial charge >= 0.3 is 5.97 Å². The molecule has 0 aliphatic carbocycles. The highest BCUT2D eigenvalue weighted by atomic mass is 16.5. The van der Waals surface area contributed by atoms with Gasteiger partial charge in [0.05, 0.1) is 0 Å². The van der Waals surface area contributed by atoms with Gasteiger partial charge in [-0.05, 0) is 25.5 Å². The Hall–Kier alpha value is -1.51. The Morgan fingerprint density at radius 3 is 2.77 bits per heavy atom. The van der Waals surface area contributed by atoms with E-state index in [-0.39, 0.29) is 11.9 Å². The standard InChI is InChI=1S/C10H10O3/c1-5-3-4-7(11)9-8(5)6(2)13-10(9)12/h3-4,6,11H,1-2H3. The third-order valence-electron chi connectivity index (χ3n) is 2.34. The number of aromatic hydroxyl groups is 1. The summed E-state index contributed by atoms with van der Waals surface area (Å²) < 4.78 is 4.99. The predicted octanol–water partition coefficient (Wildman–Crippen LogP) is 1.93. The lowest BCUT2D eigenvalue weighted by Crippen LogP contribution is -1.94. The van der Waals surface area contributed by atoms with E-state index in [9.17, 15) is 9.90 Å². The summed E-state index contributed by atoms with van der Waals surface area (Å²) in [5, 5.41) is 9.44. The Morgan fingerprint density at radius 2 is 2.15 bits per heavy atom. The molecule has 0 radical (unpaired) electrons. The van der Waals surface area contributed by atoms with E-state index in [1.54, 1.807) is 13.0 Å². The minimum atomic E-state index is -0.427. The number of benzene rings is 1. The minimum absolute atomic E-state index is 0.00921. The third kappa shape index (κ3) is 1.00. The van der Waals surface area contributed by atoms with E-state index in [1.807, 2.05) is 6.92 Å². The molecule has 0 saturated carbocycles. The van der Waals surface area contributed by atoms with Gasteiger partial charge in [0, 0.05) is 5.56 Å². The first kappa shape index (κ1) is 8.10. The number of aryl methyl sites for hydroxylation is 1. The van der Waals surface area contributed by atoms with Crippen LogP contribution in [0.1, 0.15) is 34.5 Å². The van der Waals surface area contributed by atoms with Crippen molar-refractivity contribution in [3.05, 3.63) is 28.8 Å². The monoisotopic (exact) mass is 178 g/mol. The van der Waals surface area contributed by atoms with Gasteiger partial charge < -0.3 is 9.84 Å². The molecule has 1 N–H and O–H groups in total. The first-order chi connectivity index (χ1) is 6.11. The molecule has 1 aliphatic heterocycles. The summed E-state index contributed by atoms with van der Waals surface area (Å²) in [6.07, 6.45) is -0.241. The Labute approximate surface area is 76.0 Å². The molecule has 1 aromatic carbocycles. The highest BCUT2D eigenvalue weighted by Crippen LogP contribution is 2.37. The average molecular weight is 178 g/mol. The number of cyclic esters (lactones) is 1. The quantitative estimate of drug-likeness (QED) is 0.617. The zero-order chi connectivity index (χ0) is 9.59. The maximum absolute atomic E-state index is 11.3. The summed E-state index contributed by atoms with van der Waals surface area (Å²) in [4.78, 5) is 11.3. The number of carbonyl (C=O) groups is 1. The van der Waals surface area contributed by atoms with Gasteiger partial charge in [-0.3, -0.25) is 0 Å². The van der Waals surface area contributed by atoms with Crippen LogP contribution in [0.4, 0.5) is 0 Å². The van der Waals surface area contributed by atoms with Crippen LogP contribution in [-0.4, -0.2) is 11.1 Å². The van der Waals surface area contributed by atoms with Crippen molar-refractivity contribution in [3.8, 4) is 5.75 Å². The molecule has 3 nitrogen and oxygen atoms in total. The van der Waals surface area contributed by atoms with Crippen molar-refractivity contribution in [1.29, 1.82) is 0 Å². The van der Waals surface area contributed by atoms with Crippen molar-refractivity contribution in [2.24, 2.45) is 0 Å². The predicted molar refractivity (Wildman–Crippen MR) is 46.7 cm³/mol. The number of phenols is 1. The van der Waals surface area contributed by atoms with Crippen LogP contribution in [0.2, 0.25) is 0 Å². The molecule has 2 rings (SSSR count). The van der Waals surface area contributed by atoms with Gasteiger partial charge in [0.15, 0.2) is 0 Å². The van der Waals surface area contributed by atoms with Crippen LogP contribution in [-0.2, 0) is 4.74 Å². The summed E-state index contributed by atoms with van der Waals surface area (Å²) >= 11 is 0. The number of carbonyl (C=O) groups excluding carboxylic acids is 1. The molecule has 1 aromatic rings. The van der Waals surface area contributed by atoms with E-state index in [1.165, 1.54) is 6.07 Å². The molecule has 0 fully saturated rings. The van der Waals surface area contributed by atoms with Crippen LogP contribution in [0.15, 0.2) is 12.1 Å². The van der Waals surface area contributed by atoms with Crippen molar-refractivity contribution in [3.63, 3.8) is 0 Å². The van der Waals surface area contributed by atoms with Gasteiger partial charge in [0.2, 0.25) is 0 Å². The highest BCUT2D eigenvalue weighted by Gasteiger charge is 2.31. The summed E-state index contributed by atoms with van der Waals surface area (Å²) in [5.41, 5.74) is 2.11. The normalized spacial score (nSPS) is 19.8. The molecule has 0 amide bonds. The molecule has 13 heavy (non-hydrogen) atoms. The molecule has 1 atom stereocenters. The molecule has 3 heteroatoms. The van der Waals surface area contributed by atoms with E-state index >= 15 is 0 Å². The minimum Gasteiger partial charge on any atom is -0.507 e. The second-order valence-corrected chi connectivity index (χ2v) is 3.24. The first-order valence-electron chi connectivity index (χ1n) is 4.14. The second kappa shape index (κ2) is 2.49. The lowest BCUT2D eigenvalue weighted by atomic mass is 9.99. The number of hydrogen-bond acceptors (Lipinski definition) is 3. The molecule has 0 saturated heterocycles. The van der Waals surface area contributed by atoms with E-state index < -0.39 is 5.97 Å². The van der Waals surface area contributed by atoms with Crippen LogP contribution in [0.25, 0.3) is 0 Å². The van der Waals surface area contributed by atoms with Crippen molar-refractivity contribution in [2.75, 3.05) is 0 Å². The maximum Gasteiger partial charge on any atom is 0.342 e. The zero-order valence-corrected chi connectivity index (χ0v) is 7.50. The Morgan fingerprint density at radius 1 is 1.46 bits per heavy atom. The lowest BCUT2D eigenvalue weighted by Gasteiger charge is -2.05. The number of hydrogen-bond donors (Lipinski definition) is 1. The number of esters is 1. The lowest BCUT2D eigenvalue weighted by molar-refractivity contribution is 0.0420. The van der Waals surface area contributed by atoms with Crippen LogP contribution in [0.3, 0.4) is 0 Å². The summed E-state index contributed by atoms with van der Waals surface area (Å²) in [7, 11) is 0. The van der Waals surface area contributed by atoms with Crippen LogP contribution in [0, 0.1) is 6.92 Å². The molecule has 0 aromatic heterocycles. The van der Waals surface area contributed by atoms with Crippen molar-refractivity contribution >= 4 is 5.97 Å². The molecular formula is C10H10O3. The fourth-order valence-corrected chi connectivity index (χ4v) is 1.73. The fraction of sp³-hybridized carbons (Fsp3) is 0.300. The smallest absolute Gasteiger partial charge is 0.342 e. The number of ether oxygens (including phenoxy) is 1. The van der Waals surface area contributed by atoms with Gasteiger partial charge in [0.25, 0.3) is 0 Å². The number of fused-ring (bicyclic) bond motifs is 1. The van der Waals surface area contributed by atoms with Crippen molar-refractivity contribution in [2.45, 2.75) is 20.0 Å². The van der Waals surface area contributed by atoms with Crippen LogP contribution >= 0.6 is 0 Å². The molecule has 1 heterocycles. The van der Waals surface area contributed by atoms with E-state index in [0.29, 0.717) is 5.56 Å². The fourth-order valence-electron chi connectivity index (χ4n) is 1.73. The largest absolute Gasteiger partial charge is 0.507 e. The Bertz CT molecular complexity index is 382. The van der Waals surface area contributed by atoms with Gasteiger partial charge in [-0.1, -0.05) is 6.07 Å². The molecule has 1 aliphatic rings. The van der Waals surface area contributed by atoms with Crippen LogP contribution in [0.5, 0.6) is 5.75 Å². The summed E-state index contributed by atoms with van der Waals surface area (Å²) in [6.45, 7) is 3.70. The van der Waals surface area contributed by atoms with Gasteiger partial charge in [-0.2, -0.15) is 0 Å². The highest BCUT2D eigenvalue weighted by molar-refractivity contribution is 5.97. The molecule has 0 spiro atoms. The van der Waals surface area contributed by atoms with Gasteiger partial charge in [-0.25, -0.2) is 4.79 Å². The van der Waals surface area contributed by atoms with E-state index in [2.05, 4.69) is 0 Å². The number of rotatable bonds is 0. The SMILES string of the molecule is Cc1ccc(O)c2c1C(C)OC2=O. The summed E-state index contributed by atoms with van der Waals surface area (Å²) in [6, 6.07) is 3.31. The van der Waals surface area contributed by atoms with Crippen LogP contribution < -0.4 is 0 Å². The van der Waals surface area contributed by atoms with E-state index in [0.717, 1.165) is 11.1 Å².